The van der Waals surface area contributed by atoms with Crippen LogP contribution < -0.4 is 5.32 Å². The lowest BCUT2D eigenvalue weighted by Crippen LogP contribution is -2.03. The molecule has 94 valence electrons. The van der Waals surface area contributed by atoms with Crippen LogP contribution in [0.25, 0.3) is 5.82 Å². The van der Waals surface area contributed by atoms with Crippen LogP contribution in [0.2, 0.25) is 0 Å². The molecule has 0 fully saturated rings. The van der Waals surface area contributed by atoms with Crippen molar-refractivity contribution in [1.29, 1.82) is 0 Å². The summed E-state index contributed by atoms with van der Waals surface area (Å²) in [6.45, 7) is 0.698. The average molecular weight is 251 g/mol. The number of hydrogen-bond acceptors (Lipinski definition) is 4. The van der Waals surface area contributed by atoms with Gasteiger partial charge in [-0.25, -0.2) is 14.6 Å². The lowest BCUT2D eigenvalue weighted by molar-refractivity contribution is 0.843. The number of aromatic nitrogens is 4. The van der Waals surface area contributed by atoms with Crippen LogP contribution in [0.3, 0.4) is 0 Å². The summed E-state index contributed by atoms with van der Waals surface area (Å²) in [6.07, 6.45) is 7.21. The van der Waals surface area contributed by atoms with Crippen LogP contribution in [0.1, 0.15) is 5.56 Å². The van der Waals surface area contributed by atoms with Crippen LogP contribution in [0.15, 0.2) is 61.2 Å². The Morgan fingerprint density at radius 2 is 2.00 bits per heavy atom. The van der Waals surface area contributed by atoms with Gasteiger partial charge in [0.15, 0.2) is 5.82 Å². The van der Waals surface area contributed by atoms with Crippen LogP contribution in [0.5, 0.6) is 0 Å². The molecule has 5 heteroatoms. The second kappa shape index (κ2) is 5.30. The highest BCUT2D eigenvalue weighted by Gasteiger charge is 1.99. The fraction of sp³-hybridized carbons (Fsp3) is 0.0714. The molecule has 0 spiro atoms. The summed E-state index contributed by atoms with van der Waals surface area (Å²) in [5, 5.41) is 7.38. The van der Waals surface area contributed by atoms with Crippen molar-refractivity contribution < 1.29 is 0 Å². The molecule has 0 radical (unpaired) electrons. The second-order valence-electron chi connectivity index (χ2n) is 4.04. The summed E-state index contributed by atoms with van der Waals surface area (Å²) < 4.78 is 1.73. The highest BCUT2D eigenvalue weighted by Crippen LogP contribution is 2.07. The third-order valence-corrected chi connectivity index (χ3v) is 2.69. The summed E-state index contributed by atoms with van der Waals surface area (Å²) >= 11 is 0. The van der Waals surface area contributed by atoms with E-state index in [2.05, 4.69) is 20.4 Å². The number of hydrogen-bond donors (Lipinski definition) is 1. The quantitative estimate of drug-likeness (QED) is 0.773. The molecule has 3 rings (SSSR count). The van der Waals surface area contributed by atoms with E-state index in [0.29, 0.717) is 6.54 Å². The lowest BCUT2D eigenvalue weighted by Gasteiger charge is -2.06. The van der Waals surface area contributed by atoms with E-state index in [1.54, 1.807) is 17.1 Å². The summed E-state index contributed by atoms with van der Waals surface area (Å²) in [7, 11) is 0. The monoisotopic (exact) mass is 251 g/mol. The van der Waals surface area contributed by atoms with Gasteiger partial charge in [0.1, 0.15) is 5.82 Å². The highest BCUT2D eigenvalue weighted by molar-refractivity contribution is 5.35. The first-order valence-electron chi connectivity index (χ1n) is 6.02. The van der Waals surface area contributed by atoms with Gasteiger partial charge in [-0.2, -0.15) is 5.10 Å². The molecule has 3 aromatic heterocycles. The summed E-state index contributed by atoms with van der Waals surface area (Å²) in [5.74, 6) is 1.67. The number of pyridine rings is 2. The van der Waals surface area contributed by atoms with Crippen LogP contribution in [-0.2, 0) is 6.54 Å². The van der Waals surface area contributed by atoms with Gasteiger partial charge < -0.3 is 5.32 Å². The minimum Gasteiger partial charge on any atom is -0.366 e. The van der Waals surface area contributed by atoms with Crippen molar-refractivity contribution in [2.45, 2.75) is 6.54 Å². The molecule has 0 unspecified atom stereocenters. The Morgan fingerprint density at radius 3 is 2.68 bits per heavy atom. The topological polar surface area (TPSA) is 55.6 Å². The molecule has 3 aromatic rings. The van der Waals surface area contributed by atoms with Crippen molar-refractivity contribution in [3.8, 4) is 5.82 Å². The first-order chi connectivity index (χ1) is 9.42. The van der Waals surface area contributed by atoms with Crippen LogP contribution >= 0.6 is 0 Å². The lowest BCUT2D eigenvalue weighted by atomic mass is 10.3. The van der Waals surface area contributed by atoms with Gasteiger partial charge in [-0.05, 0) is 29.8 Å². The largest absolute Gasteiger partial charge is 0.366 e. The molecule has 0 aliphatic rings. The number of anilines is 1. The van der Waals surface area contributed by atoms with Gasteiger partial charge in [0.05, 0.1) is 0 Å². The fourth-order valence-electron chi connectivity index (χ4n) is 1.72. The number of nitrogens with one attached hydrogen (secondary N) is 1. The van der Waals surface area contributed by atoms with Crippen molar-refractivity contribution in [2.24, 2.45) is 0 Å². The molecule has 0 saturated heterocycles. The van der Waals surface area contributed by atoms with Crippen molar-refractivity contribution in [3.63, 3.8) is 0 Å². The standard InChI is InChI=1S/C14H13N5/c1-2-7-15-13(4-1)16-10-12-5-6-14(17-11-12)19-9-3-8-18-19/h1-9,11H,10H2,(H,15,16). The number of rotatable bonds is 4. The predicted octanol–water partition coefficient (Wildman–Crippen LogP) is 2.27. The van der Waals surface area contributed by atoms with Crippen LogP contribution in [-0.4, -0.2) is 19.7 Å². The summed E-state index contributed by atoms with van der Waals surface area (Å²) in [5.41, 5.74) is 1.10. The first-order valence-corrected chi connectivity index (χ1v) is 6.02. The molecule has 0 saturated carbocycles. The molecule has 0 aliphatic carbocycles. The smallest absolute Gasteiger partial charge is 0.153 e. The zero-order valence-corrected chi connectivity index (χ0v) is 10.3. The van der Waals surface area contributed by atoms with Gasteiger partial charge >= 0.3 is 0 Å². The Labute approximate surface area is 111 Å². The van der Waals surface area contributed by atoms with Gasteiger partial charge in [-0.1, -0.05) is 12.1 Å². The van der Waals surface area contributed by atoms with Gasteiger partial charge in [-0.3, -0.25) is 0 Å². The zero-order chi connectivity index (χ0) is 12.9. The Morgan fingerprint density at radius 1 is 1.00 bits per heavy atom. The van der Waals surface area contributed by atoms with E-state index < -0.39 is 0 Å². The first kappa shape index (κ1) is 11.4. The molecular formula is C14H13N5. The second-order valence-corrected chi connectivity index (χ2v) is 4.04. The molecule has 0 aliphatic heterocycles. The highest BCUT2D eigenvalue weighted by atomic mass is 15.3. The van der Waals surface area contributed by atoms with Crippen molar-refractivity contribution in [3.05, 3.63) is 66.7 Å². The van der Waals surface area contributed by atoms with Crippen molar-refractivity contribution in [2.75, 3.05) is 5.32 Å². The molecular weight excluding hydrogens is 238 g/mol. The van der Waals surface area contributed by atoms with E-state index in [9.17, 15) is 0 Å². The van der Waals surface area contributed by atoms with Crippen molar-refractivity contribution in [1.82, 2.24) is 19.7 Å². The van der Waals surface area contributed by atoms with Gasteiger partial charge in [-0.15, -0.1) is 0 Å². The fourth-order valence-corrected chi connectivity index (χ4v) is 1.72. The van der Waals surface area contributed by atoms with Crippen LogP contribution in [0.4, 0.5) is 5.82 Å². The predicted molar refractivity (Wildman–Crippen MR) is 72.9 cm³/mol. The van der Waals surface area contributed by atoms with Gasteiger partial charge in [0.2, 0.25) is 0 Å². The summed E-state index contributed by atoms with van der Waals surface area (Å²) in [4.78, 5) is 8.58. The van der Waals surface area contributed by atoms with Gasteiger partial charge in [0, 0.05) is 31.3 Å². The zero-order valence-electron chi connectivity index (χ0n) is 10.3. The Hall–Kier alpha value is -2.69. The third kappa shape index (κ3) is 2.77. The third-order valence-electron chi connectivity index (χ3n) is 2.69. The van der Waals surface area contributed by atoms with Crippen LogP contribution in [0, 0.1) is 0 Å². The normalized spacial score (nSPS) is 10.3. The molecule has 0 bridgehead atoms. The maximum atomic E-state index is 4.37. The molecule has 3 heterocycles. The van der Waals surface area contributed by atoms with E-state index in [1.165, 1.54) is 0 Å². The molecule has 0 aromatic carbocycles. The van der Waals surface area contributed by atoms with E-state index in [0.717, 1.165) is 17.2 Å². The maximum Gasteiger partial charge on any atom is 0.153 e. The Balaban J connectivity index is 1.67. The number of nitrogens with zero attached hydrogens (tertiary/aromatic N) is 4. The minimum absolute atomic E-state index is 0.698. The van der Waals surface area contributed by atoms with Gasteiger partial charge in [0.25, 0.3) is 0 Å². The van der Waals surface area contributed by atoms with E-state index in [4.69, 9.17) is 0 Å². The average Bonchev–Trinajstić information content (AvgIpc) is 3.01. The molecule has 1 N–H and O–H groups in total. The van der Waals surface area contributed by atoms with E-state index >= 15 is 0 Å². The van der Waals surface area contributed by atoms with Crippen molar-refractivity contribution >= 4 is 5.82 Å². The molecule has 19 heavy (non-hydrogen) atoms. The SMILES string of the molecule is c1ccc(NCc2ccc(-n3cccn3)nc2)nc1. The van der Waals surface area contributed by atoms with E-state index in [-0.39, 0.29) is 0 Å². The molecule has 5 nitrogen and oxygen atoms in total. The summed E-state index contributed by atoms with van der Waals surface area (Å²) in [6, 6.07) is 11.6. The minimum atomic E-state index is 0.698. The molecule has 0 atom stereocenters. The van der Waals surface area contributed by atoms with E-state index in [1.807, 2.05) is 48.8 Å². The Bertz CT molecular complexity index is 617. The Kier molecular flexibility index (Phi) is 3.18. The molecule has 0 amide bonds. The maximum absolute atomic E-state index is 4.37.